The van der Waals surface area contributed by atoms with Gasteiger partial charge in [0.1, 0.15) is 0 Å². The Kier molecular flexibility index (Phi) is 16.3. The summed E-state index contributed by atoms with van der Waals surface area (Å²) in [7, 11) is 4.55. The van der Waals surface area contributed by atoms with Gasteiger partial charge in [0.15, 0.2) is 0 Å². The van der Waals surface area contributed by atoms with Crippen LogP contribution in [0.1, 0.15) is 104 Å². The van der Waals surface area contributed by atoms with E-state index < -0.39 is 0 Å². The second kappa shape index (κ2) is 16.6. The first-order valence-corrected chi connectivity index (χ1v) is 10.5. The molecule has 138 valence electrons. The molecule has 2 atom stereocenters. The molecule has 0 radical (unpaired) electrons. The first-order valence-electron chi connectivity index (χ1n) is 10.5. The maximum atomic E-state index is 2.48. The Balaban J connectivity index is 4.38. The molecule has 0 aromatic heterocycles. The van der Waals surface area contributed by atoms with Gasteiger partial charge in [-0.05, 0) is 45.7 Å². The minimum Gasteiger partial charge on any atom is -0.306 e. The molecule has 0 N–H and O–H groups in total. The lowest BCUT2D eigenvalue weighted by Crippen LogP contribution is -2.30. The Morgan fingerprint density at radius 3 is 1.91 bits per heavy atom. The second-order valence-corrected chi connectivity index (χ2v) is 7.56. The minimum absolute atomic E-state index is 0.775. The molecule has 1 nitrogen and oxygen atoms in total. The fourth-order valence-corrected chi connectivity index (χ4v) is 3.35. The summed E-state index contributed by atoms with van der Waals surface area (Å²) in [5.74, 6) is 0.883. The lowest BCUT2D eigenvalue weighted by molar-refractivity contribution is 0.220. The molecular weight excluding hydrogens is 278 g/mol. The fourth-order valence-electron chi connectivity index (χ4n) is 3.35. The molecule has 0 aromatic rings. The molecular formula is C22H45N. The highest BCUT2D eigenvalue weighted by Gasteiger charge is 2.17. The molecule has 0 heterocycles. The molecule has 0 saturated heterocycles. The number of hydrogen-bond acceptors (Lipinski definition) is 1. The van der Waals surface area contributed by atoms with E-state index in [2.05, 4.69) is 51.9 Å². The number of hydrogen-bond donors (Lipinski definition) is 0. The van der Waals surface area contributed by atoms with Crippen LogP contribution in [0, 0.1) is 5.92 Å². The number of nitrogens with zero attached hydrogens (tertiary/aromatic N) is 1. The highest BCUT2D eigenvalue weighted by atomic mass is 15.1. The summed E-state index contributed by atoms with van der Waals surface area (Å²) in [6.07, 6.45) is 22.6. The van der Waals surface area contributed by atoms with Crippen molar-refractivity contribution in [2.24, 2.45) is 5.92 Å². The van der Waals surface area contributed by atoms with E-state index in [1.54, 1.807) is 0 Å². The molecule has 2 unspecified atom stereocenters. The molecule has 0 saturated carbocycles. The van der Waals surface area contributed by atoms with E-state index in [-0.39, 0.29) is 0 Å². The predicted octanol–water partition coefficient (Wildman–Crippen LogP) is 7.22. The van der Waals surface area contributed by atoms with Crippen molar-refractivity contribution < 1.29 is 0 Å². The summed E-state index contributed by atoms with van der Waals surface area (Å²) < 4.78 is 0. The van der Waals surface area contributed by atoms with Crippen LogP contribution >= 0.6 is 0 Å². The van der Waals surface area contributed by atoms with Gasteiger partial charge in [-0.25, -0.2) is 0 Å². The van der Waals surface area contributed by atoms with Crippen LogP contribution in [-0.4, -0.2) is 25.0 Å². The summed E-state index contributed by atoms with van der Waals surface area (Å²) in [5, 5.41) is 0. The maximum absolute atomic E-state index is 2.48. The van der Waals surface area contributed by atoms with Gasteiger partial charge in [0.05, 0.1) is 0 Å². The van der Waals surface area contributed by atoms with Crippen molar-refractivity contribution in [3.05, 3.63) is 12.2 Å². The molecule has 0 aliphatic rings. The van der Waals surface area contributed by atoms with Gasteiger partial charge >= 0.3 is 0 Å². The largest absolute Gasteiger partial charge is 0.306 e. The van der Waals surface area contributed by atoms with Crippen molar-refractivity contribution in [1.82, 2.24) is 4.90 Å². The second-order valence-electron chi connectivity index (χ2n) is 7.56. The Morgan fingerprint density at radius 2 is 1.35 bits per heavy atom. The number of allylic oxidation sites excluding steroid dienone is 2. The third-order valence-electron chi connectivity index (χ3n) is 5.05. The van der Waals surface area contributed by atoms with E-state index in [9.17, 15) is 0 Å². The Bertz CT molecular complexity index is 257. The van der Waals surface area contributed by atoms with Crippen LogP contribution in [0.4, 0.5) is 0 Å². The zero-order valence-corrected chi connectivity index (χ0v) is 16.9. The van der Waals surface area contributed by atoms with Gasteiger partial charge in [0, 0.05) is 6.04 Å². The van der Waals surface area contributed by atoms with Gasteiger partial charge in [-0.2, -0.15) is 0 Å². The number of unbranched alkanes of at least 4 members (excludes halogenated alkanes) is 6. The third kappa shape index (κ3) is 13.8. The molecule has 0 amide bonds. The average Bonchev–Trinajstić information content (AvgIpc) is 2.53. The monoisotopic (exact) mass is 323 g/mol. The minimum atomic E-state index is 0.775. The van der Waals surface area contributed by atoms with Gasteiger partial charge < -0.3 is 4.90 Å². The van der Waals surface area contributed by atoms with E-state index in [1.807, 2.05) is 0 Å². The van der Waals surface area contributed by atoms with Crippen LogP contribution in [0.25, 0.3) is 0 Å². The van der Waals surface area contributed by atoms with Crippen molar-refractivity contribution in [3.63, 3.8) is 0 Å². The van der Waals surface area contributed by atoms with E-state index >= 15 is 0 Å². The molecule has 0 rings (SSSR count). The van der Waals surface area contributed by atoms with Crippen molar-refractivity contribution in [2.75, 3.05) is 14.1 Å². The smallest absolute Gasteiger partial charge is 0.00919 e. The van der Waals surface area contributed by atoms with Crippen LogP contribution in [-0.2, 0) is 0 Å². The SMILES string of the molecule is CCCCC=CCC(CCCCC)CC(CCCCC)N(C)C. The Hall–Kier alpha value is -0.300. The Labute approximate surface area is 147 Å². The molecule has 0 fully saturated rings. The van der Waals surface area contributed by atoms with Crippen LogP contribution in [0.5, 0.6) is 0 Å². The van der Waals surface area contributed by atoms with Crippen LogP contribution in [0.3, 0.4) is 0 Å². The topological polar surface area (TPSA) is 3.24 Å². The Morgan fingerprint density at radius 1 is 0.739 bits per heavy atom. The summed E-state index contributed by atoms with van der Waals surface area (Å²) in [6, 6.07) is 0.775. The average molecular weight is 324 g/mol. The van der Waals surface area contributed by atoms with Gasteiger partial charge in [-0.15, -0.1) is 0 Å². The standard InChI is InChI=1S/C22H45N/c1-6-9-12-13-16-18-21(17-14-10-7-2)20-22(23(4)5)19-15-11-8-3/h13,16,21-22H,6-12,14-15,17-20H2,1-5H3. The molecule has 0 bridgehead atoms. The zero-order valence-electron chi connectivity index (χ0n) is 16.9. The molecule has 23 heavy (non-hydrogen) atoms. The molecule has 1 heteroatoms. The van der Waals surface area contributed by atoms with Crippen molar-refractivity contribution in [3.8, 4) is 0 Å². The number of rotatable bonds is 16. The van der Waals surface area contributed by atoms with Gasteiger partial charge in [0.25, 0.3) is 0 Å². The van der Waals surface area contributed by atoms with E-state index in [1.165, 1.54) is 83.5 Å². The summed E-state index contributed by atoms with van der Waals surface area (Å²) >= 11 is 0. The maximum Gasteiger partial charge on any atom is 0.00919 e. The van der Waals surface area contributed by atoms with E-state index in [4.69, 9.17) is 0 Å². The quantitative estimate of drug-likeness (QED) is 0.214. The molecule has 0 aliphatic carbocycles. The van der Waals surface area contributed by atoms with Crippen LogP contribution < -0.4 is 0 Å². The molecule has 0 spiro atoms. The predicted molar refractivity (Wildman–Crippen MR) is 107 cm³/mol. The van der Waals surface area contributed by atoms with Gasteiger partial charge in [-0.3, -0.25) is 0 Å². The van der Waals surface area contributed by atoms with E-state index in [0.717, 1.165) is 12.0 Å². The fraction of sp³-hybridized carbons (Fsp3) is 0.909. The summed E-state index contributed by atoms with van der Waals surface area (Å²) in [4.78, 5) is 2.48. The van der Waals surface area contributed by atoms with Crippen LogP contribution in [0.15, 0.2) is 12.2 Å². The first kappa shape index (κ1) is 22.7. The highest BCUT2D eigenvalue weighted by molar-refractivity contribution is 4.85. The van der Waals surface area contributed by atoms with Crippen molar-refractivity contribution in [2.45, 2.75) is 110 Å². The normalized spacial score (nSPS) is 14.7. The highest BCUT2D eigenvalue weighted by Crippen LogP contribution is 2.24. The summed E-state index contributed by atoms with van der Waals surface area (Å²) in [6.45, 7) is 6.89. The molecule has 0 aliphatic heterocycles. The van der Waals surface area contributed by atoms with Crippen molar-refractivity contribution >= 4 is 0 Å². The third-order valence-corrected chi connectivity index (χ3v) is 5.05. The summed E-state index contributed by atoms with van der Waals surface area (Å²) in [5.41, 5.74) is 0. The first-order chi connectivity index (χ1) is 11.2. The lowest BCUT2D eigenvalue weighted by Gasteiger charge is -2.28. The van der Waals surface area contributed by atoms with Crippen LogP contribution in [0.2, 0.25) is 0 Å². The van der Waals surface area contributed by atoms with Gasteiger partial charge in [0.2, 0.25) is 0 Å². The van der Waals surface area contributed by atoms with Crippen molar-refractivity contribution in [1.29, 1.82) is 0 Å². The lowest BCUT2D eigenvalue weighted by atomic mass is 9.88. The van der Waals surface area contributed by atoms with E-state index in [0.29, 0.717) is 0 Å². The molecule has 0 aromatic carbocycles. The van der Waals surface area contributed by atoms with Gasteiger partial charge in [-0.1, -0.05) is 90.7 Å². The zero-order chi connectivity index (χ0) is 17.3.